The van der Waals surface area contributed by atoms with Gasteiger partial charge in [0.05, 0.1) is 18.3 Å². The van der Waals surface area contributed by atoms with Gasteiger partial charge in [-0.3, -0.25) is 4.79 Å². The number of hydrogen-bond donors (Lipinski definition) is 5. The Morgan fingerprint density at radius 1 is 0.917 bits per heavy atom. The minimum absolute atomic E-state index is 0.0511. The molecular weight excluding hydrogens is 616 g/mol. The van der Waals surface area contributed by atoms with Gasteiger partial charge in [0.1, 0.15) is 36.3 Å². The molecule has 6 aliphatic rings. The quantitative estimate of drug-likeness (QED) is 0.211. The maximum Gasteiger partial charge on any atom is 0.303 e. The van der Waals surface area contributed by atoms with Crippen molar-refractivity contribution < 1.29 is 49.3 Å². The Morgan fingerprint density at radius 3 is 2.17 bits per heavy atom. The van der Waals surface area contributed by atoms with E-state index in [-0.39, 0.29) is 46.2 Å². The molecule has 15 atom stereocenters. The SMILES string of the molecule is CC(=O)O[C@@H]([C@H]1C[C@@H](C)C2=C(O1)[C@H](O)[C@@]1(C)[C@@H]3CC[C@H]4C(C)(C)[C@@H](O[C@@H]5OC[C@@H](O)[C@H](O)[C@H]5O)CC[C@]4(C)[C@]3(C)CC[C@]21C)C(C)(C)O. The number of allylic oxidation sites excluding steroid dienone is 1. The molecule has 0 aromatic rings. The molecule has 2 heterocycles. The molecule has 4 fully saturated rings. The van der Waals surface area contributed by atoms with E-state index in [4.69, 9.17) is 18.9 Å². The van der Waals surface area contributed by atoms with Gasteiger partial charge in [0.15, 0.2) is 12.4 Å². The molecule has 0 aromatic heterocycles. The van der Waals surface area contributed by atoms with Crippen LogP contribution in [0.2, 0.25) is 0 Å². The summed E-state index contributed by atoms with van der Waals surface area (Å²) in [5.41, 5.74) is -1.28. The van der Waals surface area contributed by atoms with E-state index < -0.39 is 59.9 Å². The number of esters is 1. The molecule has 0 radical (unpaired) electrons. The van der Waals surface area contributed by atoms with Crippen molar-refractivity contribution in [3.63, 3.8) is 0 Å². The molecule has 0 spiro atoms. The number of carbonyl (C=O) groups is 1. The van der Waals surface area contributed by atoms with E-state index in [1.165, 1.54) is 12.5 Å². The first-order valence-corrected chi connectivity index (χ1v) is 18.4. The average Bonchev–Trinajstić information content (AvgIpc) is 3.16. The van der Waals surface area contributed by atoms with Crippen molar-refractivity contribution in [2.75, 3.05) is 6.61 Å². The third-order valence-electron chi connectivity index (χ3n) is 15.4. The zero-order valence-electron chi connectivity index (χ0n) is 30.8. The van der Waals surface area contributed by atoms with Crippen molar-refractivity contribution in [2.45, 2.75) is 169 Å². The second kappa shape index (κ2) is 11.6. The molecule has 2 aliphatic heterocycles. The fourth-order valence-corrected chi connectivity index (χ4v) is 12.6. The highest BCUT2D eigenvalue weighted by molar-refractivity contribution is 5.66. The molecule has 0 amide bonds. The van der Waals surface area contributed by atoms with E-state index in [9.17, 15) is 30.3 Å². The van der Waals surface area contributed by atoms with Crippen molar-refractivity contribution in [2.24, 2.45) is 44.8 Å². The highest BCUT2D eigenvalue weighted by atomic mass is 16.7. The van der Waals surface area contributed by atoms with Crippen LogP contribution in [0, 0.1) is 44.8 Å². The molecule has 10 nitrogen and oxygen atoms in total. The summed E-state index contributed by atoms with van der Waals surface area (Å²) in [6.07, 6.45) is -1.08. The van der Waals surface area contributed by atoms with E-state index >= 15 is 0 Å². The van der Waals surface area contributed by atoms with Crippen LogP contribution < -0.4 is 0 Å². The van der Waals surface area contributed by atoms with Gasteiger partial charge in [0.2, 0.25) is 0 Å². The van der Waals surface area contributed by atoms with Crippen LogP contribution in [0.5, 0.6) is 0 Å². The lowest BCUT2D eigenvalue weighted by molar-refractivity contribution is -0.314. The van der Waals surface area contributed by atoms with E-state index in [1.807, 2.05) is 0 Å². The number of rotatable bonds is 5. The van der Waals surface area contributed by atoms with Crippen LogP contribution >= 0.6 is 0 Å². The van der Waals surface area contributed by atoms with Gasteiger partial charge in [-0.25, -0.2) is 0 Å². The number of aliphatic hydroxyl groups is 5. The predicted molar refractivity (Wildman–Crippen MR) is 177 cm³/mol. The fraction of sp³-hybridized carbons (Fsp3) is 0.921. The normalized spacial score (nSPS) is 50.7. The van der Waals surface area contributed by atoms with Gasteiger partial charge >= 0.3 is 5.97 Å². The smallest absolute Gasteiger partial charge is 0.303 e. The Balaban J connectivity index is 1.29. The molecule has 0 aromatic carbocycles. The third-order valence-corrected chi connectivity index (χ3v) is 15.4. The average molecular weight is 679 g/mol. The molecule has 5 N–H and O–H groups in total. The minimum Gasteiger partial charge on any atom is -0.488 e. The Labute approximate surface area is 286 Å². The Morgan fingerprint density at radius 2 is 1.54 bits per heavy atom. The van der Waals surface area contributed by atoms with Gasteiger partial charge in [-0.15, -0.1) is 0 Å². The molecule has 1 saturated heterocycles. The van der Waals surface area contributed by atoms with Crippen LogP contribution in [0.1, 0.15) is 114 Å². The number of ether oxygens (including phenoxy) is 4. The molecule has 0 bridgehead atoms. The van der Waals surface area contributed by atoms with Gasteiger partial charge in [0, 0.05) is 17.8 Å². The van der Waals surface area contributed by atoms with Crippen LogP contribution in [-0.2, 0) is 23.7 Å². The first-order chi connectivity index (χ1) is 22.1. The Bertz CT molecular complexity index is 1310. The molecular formula is C38H62O10. The summed E-state index contributed by atoms with van der Waals surface area (Å²) in [6, 6.07) is 0. The van der Waals surface area contributed by atoms with Crippen molar-refractivity contribution in [3.05, 3.63) is 11.3 Å². The molecule has 0 unspecified atom stereocenters. The molecule has 6 rings (SSSR count). The predicted octanol–water partition coefficient (Wildman–Crippen LogP) is 4.23. The molecule has 274 valence electrons. The summed E-state index contributed by atoms with van der Waals surface area (Å²) in [4.78, 5) is 12.1. The van der Waals surface area contributed by atoms with E-state index in [0.717, 1.165) is 38.5 Å². The Hall–Kier alpha value is -1.27. The number of aliphatic hydroxyl groups excluding tert-OH is 4. The maximum absolute atomic E-state index is 12.5. The third kappa shape index (κ3) is 4.93. The molecule has 48 heavy (non-hydrogen) atoms. The minimum atomic E-state index is -1.32. The summed E-state index contributed by atoms with van der Waals surface area (Å²) in [7, 11) is 0. The number of carbonyl (C=O) groups excluding carboxylic acids is 1. The van der Waals surface area contributed by atoms with E-state index in [2.05, 4.69) is 48.5 Å². The molecule has 3 saturated carbocycles. The summed E-state index contributed by atoms with van der Waals surface area (Å²) < 4.78 is 24.5. The largest absolute Gasteiger partial charge is 0.488 e. The number of fused-ring (bicyclic) bond motifs is 6. The van der Waals surface area contributed by atoms with Crippen LogP contribution in [-0.4, -0.2) is 92.7 Å². The highest BCUT2D eigenvalue weighted by Crippen LogP contribution is 2.79. The van der Waals surface area contributed by atoms with Crippen LogP contribution in [0.4, 0.5) is 0 Å². The second-order valence-electron chi connectivity index (χ2n) is 18.5. The zero-order chi connectivity index (χ0) is 35.6. The van der Waals surface area contributed by atoms with Gasteiger partial charge in [0.25, 0.3) is 0 Å². The number of hydrogen-bond acceptors (Lipinski definition) is 10. The lowest BCUT2D eigenvalue weighted by Gasteiger charge is -2.72. The summed E-state index contributed by atoms with van der Waals surface area (Å²) in [5, 5.41) is 54.4. The maximum atomic E-state index is 12.5. The lowest BCUT2D eigenvalue weighted by Crippen LogP contribution is -2.68. The summed E-state index contributed by atoms with van der Waals surface area (Å²) >= 11 is 0. The Kier molecular flexibility index (Phi) is 8.84. The molecule has 4 aliphatic carbocycles. The fourth-order valence-electron chi connectivity index (χ4n) is 12.6. The van der Waals surface area contributed by atoms with Gasteiger partial charge < -0.3 is 44.5 Å². The van der Waals surface area contributed by atoms with Gasteiger partial charge in [-0.05, 0) is 98.4 Å². The van der Waals surface area contributed by atoms with Gasteiger partial charge in [-0.2, -0.15) is 0 Å². The van der Waals surface area contributed by atoms with Crippen LogP contribution in [0.15, 0.2) is 11.3 Å². The molecule has 10 heteroatoms. The van der Waals surface area contributed by atoms with Crippen LogP contribution in [0.3, 0.4) is 0 Å². The van der Waals surface area contributed by atoms with Crippen molar-refractivity contribution in [3.8, 4) is 0 Å². The van der Waals surface area contributed by atoms with Crippen molar-refractivity contribution >= 4 is 5.97 Å². The van der Waals surface area contributed by atoms with Crippen LogP contribution in [0.25, 0.3) is 0 Å². The van der Waals surface area contributed by atoms with Crippen molar-refractivity contribution in [1.82, 2.24) is 0 Å². The van der Waals surface area contributed by atoms with Crippen molar-refractivity contribution in [1.29, 1.82) is 0 Å². The highest BCUT2D eigenvalue weighted by Gasteiger charge is 2.75. The zero-order valence-corrected chi connectivity index (χ0v) is 30.8. The summed E-state index contributed by atoms with van der Waals surface area (Å²) in [5.74, 6) is 0.760. The first-order valence-electron chi connectivity index (χ1n) is 18.4. The van der Waals surface area contributed by atoms with Gasteiger partial charge in [-0.1, -0.05) is 48.5 Å². The van der Waals surface area contributed by atoms with E-state index in [0.29, 0.717) is 18.1 Å². The summed E-state index contributed by atoms with van der Waals surface area (Å²) in [6.45, 7) is 20.8. The monoisotopic (exact) mass is 678 g/mol. The van der Waals surface area contributed by atoms with E-state index in [1.54, 1.807) is 13.8 Å². The standard InChI is InChI=1S/C38H62O10/c1-19-17-22(31(34(5,6)44)46-20(2)39)47-29-26(19)37(9)16-15-36(8)24(38(37,10)30(29)43)12-11-23-33(3,4)25(13-14-35(23,36)7)48-32-28(42)27(41)21(40)18-45-32/h19,21-25,27-28,30-32,40-44H,11-18H2,1-10H3/t19-,21-,22-,23+,24-,25+,27+,28-,30+,31+,32+,35+,36-,37-,38-/m1/s1. The second-order valence-corrected chi connectivity index (χ2v) is 18.5. The topological polar surface area (TPSA) is 155 Å². The first kappa shape index (κ1) is 36.5. The lowest BCUT2D eigenvalue weighted by atomic mass is 9.32.